The molecule has 1 aromatic heterocycles. The number of hydrogen-bond donors (Lipinski definition) is 0. The van der Waals surface area contributed by atoms with Gasteiger partial charge in [0, 0.05) is 23.8 Å². The highest BCUT2D eigenvalue weighted by molar-refractivity contribution is 5.95. The van der Waals surface area contributed by atoms with E-state index in [0.717, 1.165) is 23.7 Å². The van der Waals surface area contributed by atoms with Crippen molar-refractivity contribution in [1.82, 2.24) is 9.88 Å². The van der Waals surface area contributed by atoms with Gasteiger partial charge in [-0.3, -0.25) is 4.98 Å². The zero-order valence-electron chi connectivity index (χ0n) is 13.0. The lowest BCUT2D eigenvalue weighted by Crippen LogP contribution is -2.37. The SMILES string of the molecule is CN1CCCCC1CCOC(=O)c1ccc2ccncc2c1. The van der Waals surface area contributed by atoms with E-state index in [1.165, 1.54) is 19.3 Å². The normalized spacial score (nSPS) is 19.2. The number of piperidine rings is 1. The first-order chi connectivity index (χ1) is 10.7. The van der Waals surface area contributed by atoms with Gasteiger partial charge in [0.25, 0.3) is 0 Å². The van der Waals surface area contributed by atoms with Crippen LogP contribution in [-0.2, 0) is 4.74 Å². The minimum absolute atomic E-state index is 0.246. The number of aromatic nitrogens is 1. The Kier molecular flexibility index (Phi) is 4.68. The molecule has 0 spiro atoms. The molecule has 2 heterocycles. The summed E-state index contributed by atoms with van der Waals surface area (Å²) in [5, 5.41) is 2.04. The van der Waals surface area contributed by atoms with Crippen LogP contribution in [0.1, 0.15) is 36.0 Å². The molecular weight excluding hydrogens is 276 g/mol. The maximum absolute atomic E-state index is 12.2. The Morgan fingerprint density at radius 3 is 3.09 bits per heavy atom. The molecule has 116 valence electrons. The summed E-state index contributed by atoms with van der Waals surface area (Å²) in [6, 6.07) is 8.07. The predicted octanol–water partition coefficient (Wildman–Crippen LogP) is 3.27. The van der Waals surface area contributed by atoms with Gasteiger partial charge in [-0.25, -0.2) is 4.79 Å². The fourth-order valence-corrected chi connectivity index (χ4v) is 3.09. The van der Waals surface area contributed by atoms with Gasteiger partial charge in [-0.15, -0.1) is 0 Å². The van der Waals surface area contributed by atoms with Gasteiger partial charge in [-0.05, 0) is 56.4 Å². The molecule has 3 rings (SSSR count). The first-order valence-corrected chi connectivity index (χ1v) is 7.95. The summed E-state index contributed by atoms with van der Waals surface area (Å²) in [5.41, 5.74) is 0.595. The number of nitrogens with zero attached hydrogens (tertiary/aromatic N) is 2. The molecule has 1 aliphatic heterocycles. The molecule has 0 N–H and O–H groups in total. The van der Waals surface area contributed by atoms with Gasteiger partial charge in [-0.2, -0.15) is 0 Å². The molecule has 22 heavy (non-hydrogen) atoms. The third-order valence-corrected chi connectivity index (χ3v) is 4.48. The number of esters is 1. The van der Waals surface area contributed by atoms with E-state index in [-0.39, 0.29) is 5.97 Å². The second-order valence-corrected chi connectivity index (χ2v) is 5.99. The maximum atomic E-state index is 12.2. The summed E-state index contributed by atoms with van der Waals surface area (Å²) in [6.45, 7) is 1.63. The van der Waals surface area contributed by atoms with Crippen molar-refractivity contribution >= 4 is 16.7 Å². The van der Waals surface area contributed by atoms with Gasteiger partial charge in [0.15, 0.2) is 0 Å². The third kappa shape index (κ3) is 3.45. The van der Waals surface area contributed by atoms with Crippen LogP contribution in [0.3, 0.4) is 0 Å². The second kappa shape index (κ2) is 6.88. The van der Waals surface area contributed by atoms with Crippen LogP contribution in [0.25, 0.3) is 10.8 Å². The molecule has 4 heteroatoms. The van der Waals surface area contributed by atoms with E-state index in [1.807, 2.05) is 24.3 Å². The van der Waals surface area contributed by atoms with Crippen LogP contribution in [0.15, 0.2) is 36.7 Å². The molecule has 1 aliphatic rings. The van der Waals surface area contributed by atoms with Crippen LogP contribution in [0.5, 0.6) is 0 Å². The molecule has 2 aromatic rings. The lowest BCUT2D eigenvalue weighted by Gasteiger charge is -2.32. The largest absolute Gasteiger partial charge is 0.462 e. The fraction of sp³-hybridized carbons (Fsp3) is 0.444. The number of ether oxygens (including phenoxy) is 1. The zero-order chi connectivity index (χ0) is 15.4. The summed E-state index contributed by atoms with van der Waals surface area (Å²) in [7, 11) is 2.15. The van der Waals surface area contributed by atoms with Gasteiger partial charge in [0.1, 0.15) is 0 Å². The Balaban J connectivity index is 1.56. The molecular formula is C18H22N2O2. The number of rotatable bonds is 4. The quantitative estimate of drug-likeness (QED) is 0.813. The van der Waals surface area contributed by atoms with Gasteiger partial charge in [-0.1, -0.05) is 12.5 Å². The lowest BCUT2D eigenvalue weighted by molar-refractivity contribution is 0.0450. The molecule has 4 nitrogen and oxygen atoms in total. The molecule has 1 unspecified atom stereocenters. The maximum Gasteiger partial charge on any atom is 0.338 e. The second-order valence-electron chi connectivity index (χ2n) is 5.99. The average molecular weight is 298 g/mol. The van der Waals surface area contributed by atoms with Crippen LogP contribution in [0.2, 0.25) is 0 Å². The third-order valence-electron chi connectivity index (χ3n) is 4.48. The number of carbonyl (C=O) groups is 1. The highest BCUT2D eigenvalue weighted by Crippen LogP contribution is 2.18. The molecule has 1 atom stereocenters. The summed E-state index contributed by atoms with van der Waals surface area (Å²) in [5.74, 6) is -0.246. The number of carbonyl (C=O) groups excluding carboxylic acids is 1. The number of pyridine rings is 1. The van der Waals surface area contributed by atoms with E-state index < -0.39 is 0 Å². The fourth-order valence-electron chi connectivity index (χ4n) is 3.09. The van der Waals surface area contributed by atoms with Crippen molar-refractivity contribution in [3.05, 3.63) is 42.2 Å². The van der Waals surface area contributed by atoms with Crippen molar-refractivity contribution in [2.75, 3.05) is 20.2 Å². The van der Waals surface area contributed by atoms with E-state index in [0.29, 0.717) is 18.2 Å². The van der Waals surface area contributed by atoms with Crippen molar-refractivity contribution in [3.8, 4) is 0 Å². The van der Waals surface area contributed by atoms with Crippen molar-refractivity contribution in [2.24, 2.45) is 0 Å². The highest BCUT2D eigenvalue weighted by atomic mass is 16.5. The molecule has 1 aromatic carbocycles. The zero-order valence-corrected chi connectivity index (χ0v) is 13.0. The number of benzene rings is 1. The van der Waals surface area contributed by atoms with Gasteiger partial charge >= 0.3 is 5.97 Å². The summed E-state index contributed by atoms with van der Waals surface area (Å²) >= 11 is 0. The monoisotopic (exact) mass is 298 g/mol. The van der Waals surface area contributed by atoms with E-state index in [1.54, 1.807) is 12.4 Å². The van der Waals surface area contributed by atoms with E-state index in [9.17, 15) is 4.79 Å². The number of hydrogen-bond acceptors (Lipinski definition) is 4. The van der Waals surface area contributed by atoms with Crippen LogP contribution in [-0.4, -0.2) is 42.1 Å². The molecule has 0 aliphatic carbocycles. The van der Waals surface area contributed by atoms with Crippen molar-refractivity contribution in [1.29, 1.82) is 0 Å². The lowest BCUT2D eigenvalue weighted by atomic mass is 10.0. The van der Waals surface area contributed by atoms with Crippen LogP contribution in [0, 0.1) is 0 Å². The minimum Gasteiger partial charge on any atom is -0.462 e. The first-order valence-electron chi connectivity index (χ1n) is 7.95. The molecule has 0 radical (unpaired) electrons. The van der Waals surface area contributed by atoms with Crippen molar-refractivity contribution < 1.29 is 9.53 Å². The summed E-state index contributed by atoms with van der Waals surface area (Å²) in [6.07, 6.45) is 8.19. The topological polar surface area (TPSA) is 42.4 Å². The van der Waals surface area contributed by atoms with E-state index >= 15 is 0 Å². The van der Waals surface area contributed by atoms with Gasteiger partial charge < -0.3 is 9.64 Å². The standard InChI is InChI=1S/C18H22N2O2/c1-20-10-3-2-4-17(20)8-11-22-18(21)15-6-5-14-7-9-19-13-16(14)12-15/h5-7,9,12-13,17H,2-4,8,10-11H2,1H3. The molecule has 1 fully saturated rings. The molecule has 0 saturated carbocycles. The summed E-state index contributed by atoms with van der Waals surface area (Å²) < 4.78 is 5.44. The Bertz CT molecular complexity index is 656. The van der Waals surface area contributed by atoms with Crippen molar-refractivity contribution in [3.63, 3.8) is 0 Å². The van der Waals surface area contributed by atoms with Crippen LogP contribution >= 0.6 is 0 Å². The van der Waals surface area contributed by atoms with Crippen LogP contribution in [0.4, 0.5) is 0 Å². The average Bonchev–Trinajstić information content (AvgIpc) is 2.56. The molecule has 1 saturated heterocycles. The summed E-state index contributed by atoms with van der Waals surface area (Å²) in [4.78, 5) is 18.6. The Hall–Kier alpha value is -1.94. The van der Waals surface area contributed by atoms with Gasteiger partial charge in [0.05, 0.1) is 12.2 Å². The minimum atomic E-state index is -0.246. The van der Waals surface area contributed by atoms with E-state index in [4.69, 9.17) is 4.74 Å². The Morgan fingerprint density at radius 2 is 2.23 bits per heavy atom. The van der Waals surface area contributed by atoms with Gasteiger partial charge in [0.2, 0.25) is 0 Å². The predicted molar refractivity (Wildman–Crippen MR) is 86.9 cm³/mol. The molecule has 0 amide bonds. The van der Waals surface area contributed by atoms with Crippen LogP contribution < -0.4 is 0 Å². The molecule has 0 bridgehead atoms. The Labute approximate surface area is 131 Å². The first kappa shape index (κ1) is 15.0. The highest BCUT2D eigenvalue weighted by Gasteiger charge is 2.19. The van der Waals surface area contributed by atoms with E-state index in [2.05, 4.69) is 16.9 Å². The number of likely N-dealkylation sites (tertiary alicyclic amines) is 1. The smallest absolute Gasteiger partial charge is 0.338 e. The van der Waals surface area contributed by atoms with Crippen molar-refractivity contribution in [2.45, 2.75) is 31.7 Å². The Morgan fingerprint density at radius 1 is 1.32 bits per heavy atom. The number of fused-ring (bicyclic) bond motifs is 1.